The Hall–Kier alpha value is -2.06. The summed E-state index contributed by atoms with van der Waals surface area (Å²) in [5, 5.41) is 9.14. The summed E-state index contributed by atoms with van der Waals surface area (Å²) in [6, 6.07) is 10.1. The Kier molecular flexibility index (Phi) is 4.96. The summed E-state index contributed by atoms with van der Waals surface area (Å²) in [5.74, 6) is -0.491. The Morgan fingerprint density at radius 3 is 2.26 bits per heavy atom. The van der Waals surface area contributed by atoms with Crippen molar-refractivity contribution in [2.45, 2.75) is 18.5 Å². The van der Waals surface area contributed by atoms with Crippen LogP contribution in [0.2, 0.25) is 0 Å². The van der Waals surface area contributed by atoms with Crippen LogP contribution in [0.4, 0.5) is 13.2 Å². The standard InChI is InChI=1S/C15H14F3NO3S/c16-15(17,18)13-3-1-2-12(8-13)10-23(21,22)19-9-11-4-6-14(20)7-5-11/h1-8,19-20H,9-10H2. The van der Waals surface area contributed by atoms with Crippen LogP contribution in [0.1, 0.15) is 16.7 Å². The molecule has 124 valence electrons. The van der Waals surface area contributed by atoms with Crippen LogP contribution < -0.4 is 4.72 Å². The molecule has 0 aliphatic carbocycles. The highest BCUT2D eigenvalue weighted by Gasteiger charge is 2.30. The van der Waals surface area contributed by atoms with E-state index in [4.69, 9.17) is 5.11 Å². The first-order valence-corrected chi connectivity index (χ1v) is 8.22. The minimum Gasteiger partial charge on any atom is -0.508 e. The summed E-state index contributed by atoms with van der Waals surface area (Å²) in [7, 11) is -3.79. The van der Waals surface area contributed by atoms with Gasteiger partial charge < -0.3 is 5.11 Å². The maximum absolute atomic E-state index is 12.6. The Morgan fingerprint density at radius 1 is 1.00 bits per heavy atom. The Balaban J connectivity index is 2.05. The van der Waals surface area contributed by atoms with E-state index in [1.54, 1.807) is 12.1 Å². The molecule has 4 nitrogen and oxygen atoms in total. The average Bonchev–Trinajstić information content (AvgIpc) is 2.46. The molecule has 0 atom stereocenters. The lowest BCUT2D eigenvalue weighted by molar-refractivity contribution is -0.137. The van der Waals surface area contributed by atoms with Gasteiger partial charge in [0, 0.05) is 6.54 Å². The molecule has 0 aliphatic rings. The predicted octanol–water partition coefficient (Wildman–Crippen LogP) is 3.03. The first-order valence-electron chi connectivity index (χ1n) is 6.57. The van der Waals surface area contributed by atoms with Gasteiger partial charge in [-0.1, -0.05) is 30.3 Å². The van der Waals surface area contributed by atoms with Crippen molar-refractivity contribution in [3.8, 4) is 5.75 Å². The number of nitrogens with one attached hydrogen (secondary N) is 1. The molecule has 0 saturated heterocycles. The van der Waals surface area contributed by atoms with E-state index >= 15 is 0 Å². The van der Waals surface area contributed by atoms with Crippen molar-refractivity contribution in [3.63, 3.8) is 0 Å². The quantitative estimate of drug-likeness (QED) is 0.875. The van der Waals surface area contributed by atoms with Gasteiger partial charge in [-0.25, -0.2) is 13.1 Å². The number of rotatable bonds is 5. The van der Waals surface area contributed by atoms with Gasteiger partial charge in [-0.3, -0.25) is 0 Å². The number of hydrogen-bond acceptors (Lipinski definition) is 3. The van der Waals surface area contributed by atoms with E-state index in [9.17, 15) is 21.6 Å². The van der Waals surface area contributed by atoms with Crippen molar-refractivity contribution < 1.29 is 26.7 Å². The summed E-state index contributed by atoms with van der Waals surface area (Å²) in [5.41, 5.74) is -0.211. The van der Waals surface area contributed by atoms with Crippen molar-refractivity contribution >= 4 is 10.0 Å². The number of phenolic OH excluding ortho intramolecular Hbond substituents is 1. The van der Waals surface area contributed by atoms with Gasteiger partial charge in [0.15, 0.2) is 0 Å². The second-order valence-corrected chi connectivity index (χ2v) is 6.75. The molecule has 0 aromatic heterocycles. The van der Waals surface area contributed by atoms with Gasteiger partial charge in [-0.05, 0) is 29.3 Å². The van der Waals surface area contributed by atoms with Gasteiger partial charge in [0.05, 0.1) is 11.3 Å². The SMILES string of the molecule is O=S(=O)(Cc1cccc(C(F)(F)F)c1)NCc1ccc(O)cc1. The van der Waals surface area contributed by atoms with Gasteiger partial charge in [-0.2, -0.15) is 13.2 Å². The highest BCUT2D eigenvalue weighted by Crippen LogP contribution is 2.29. The number of halogens is 3. The molecule has 0 spiro atoms. The Morgan fingerprint density at radius 2 is 1.65 bits per heavy atom. The largest absolute Gasteiger partial charge is 0.508 e. The van der Waals surface area contributed by atoms with Crippen molar-refractivity contribution in [2.75, 3.05) is 0 Å². The molecular formula is C15H14F3NO3S. The van der Waals surface area contributed by atoms with Crippen LogP contribution in [0.15, 0.2) is 48.5 Å². The topological polar surface area (TPSA) is 66.4 Å². The fourth-order valence-electron chi connectivity index (χ4n) is 1.91. The molecule has 0 amide bonds. The van der Waals surface area contributed by atoms with Gasteiger partial charge in [0.2, 0.25) is 10.0 Å². The summed E-state index contributed by atoms with van der Waals surface area (Å²) < 4.78 is 64.1. The molecule has 8 heteroatoms. The summed E-state index contributed by atoms with van der Waals surface area (Å²) in [4.78, 5) is 0. The van der Waals surface area contributed by atoms with Crippen LogP contribution in [-0.4, -0.2) is 13.5 Å². The maximum atomic E-state index is 12.6. The van der Waals surface area contributed by atoms with Gasteiger partial charge in [-0.15, -0.1) is 0 Å². The van der Waals surface area contributed by atoms with E-state index in [0.717, 1.165) is 12.1 Å². The van der Waals surface area contributed by atoms with Gasteiger partial charge in [0.1, 0.15) is 5.75 Å². The molecule has 0 bridgehead atoms. The second-order valence-electron chi connectivity index (χ2n) is 4.94. The molecule has 0 saturated carbocycles. The molecule has 2 rings (SSSR count). The van der Waals surface area contributed by atoms with E-state index in [-0.39, 0.29) is 17.9 Å². The van der Waals surface area contributed by atoms with E-state index in [0.29, 0.717) is 5.56 Å². The molecule has 2 aromatic rings. The molecule has 2 N–H and O–H groups in total. The molecule has 0 unspecified atom stereocenters. The second kappa shape index (κ2) is 6.59. The highest BCUT2D eigenvalue weighted by molar-refractivity contribution is 7.88. The van der Waals surface area contributed by atoms with E-state index in [1.165, 1.54) is 24.3 Å². The molecular weight excluding hydrogens is 331 g/mol. The summed E-state index contributed by atoms with van der Waals surface area (Å²) in [6.45, 7) is -0.0123. The van der Waals surface area contributed by atoms with E-state index in [2.05, 4.69) is 4.72 Å². The van der Waals surface area contributed by atoms with Crippen molar-refractivity contribution in [1.29, 1.82) is 0 Å². The van der Waals surface area contributed by atoms with Crippen LogP contribution in [-0.2, 0) is 28.5 Å². The van der Waals surface area contributed by atoms with Crippen molar-refractivity contribution in [2.24, 2.45) is 0 Å². The third-order valence-corrected chi connectivity index (χ3v) is 4.34. The van der Waals surface area contributed by atoms with Crippen molar-refractivity contribution in [3.05, 3.63) is 65.2 Å². The Bertz CT molecular complexity index is 771. The maximum Gasteiger partial charge on any atom is 0.416 e. The minimum absolute atomic E-state index is 0.0123. The molecule has 0 heterocycles. The van der Waals surface area contributed by atoms with Crippen LogP contribution in [0, 0.1) is 0 Å². The number of hydrogen-bond donors (Lipinski definition) is 2. The zero-order chi connectivity index (χ0) is 17.1. The zero-order valence-corrected chi connectivity index (χ0v) is 12.7. The summed E-state index contributed by atoms with van der Waals surface area (Å²) >= 11 is 0. The summed E-state index contributed by atoms with van der Waals surface area (Å²) in [6.07, 6.45) is -4.51. The van der Waals surface area contributed by atoms with E-state index in [1.807, 2.05) is 0 Å². The minimum atomic E-state index is -4.51. The highest BCUT2D eigenvalue weighted by atomic mass is 32.2. The smallest absolute Gasteiger partial charge is 0.416 e. The van der Waals surface area contributed by atoms with E-state index < -0.39 is 27.5 Å². The van der Waals surface area contributed by atoms with Gasteiger partial charge >= 0.3 is 6.18 Å². The molecule has 0 radical (unpaired) electrons. The monoisotopic (exact) mass is 345 g/mol. The number of phenols is 1. The first kappa shape index (κ1) is 17.3. The van der Waals surface area contributed by atoms with Crippen LogP contribution in [0.25, 0.3) is 0 Å². The number of sulfonamides is 1. The molecule has 2 aromatic carbocycles. The number of benzene rings is 2. The van der Waals surface area contributed by atoms with Gasteiger partial charge in [0.25, 0.3) is 0 Å². The third kappa shape index (κ3) is 5.26. The molecule has 23 heavy (non-hydrogen) atoms. The number of alkyl halides is 3. The average molecular weight is 345 g/mol. The fourth-order valence-corrected chi connectivity index (χ4v) is 3.02. The molecule has 0 fully saturated rings. The van der Waals surface area contributed by atoms with Crippen LogP contribution >= 0.6 is 0 Å². The Labute approximate surface area is 131 Å². The lowest BCUT2D eigenvalue weighted by atomic mass is 10.1. The number of aromatic hydroxyl groups is 1. The van der Waals surface area contributed by atoms with Crippen LogP contribution in [0.5, 0.6) is 5.75 Å². The zero-order valence-electron chi connectivity index (χ0n) is 11.8. The first-order chi connectivity index (χ1) is 10.7. The normalized spacial score (nSPS) is 12.3. The molecule has 0 aliphatic heterocycles. The van der Waals surface area contributed by atoms with Crippen molar-refractivity contribution in [1.82, 2.24) is 4.72 Å². The third-order valence-electron chi connectivity index (χ3n) is 3.04. The lowest BCUT2D eigenvalue weighted by Crippen LogP contribution is -2.24. The fraction of sp³-hybridized carbons (Fsp3) is 0.200. The van der Waals surface area contributed by atoms with Crippen LogP contribution in [0.3, 0.4) is 0 Å². The lowest BCUT2D eigenvalue weighted by Gasteiger charge is -2.10. The predicted molar refractivity (Wildman–Crippen MR) is 79.0 cm³/mol.